The molecule has 0 aromatic carbocycles. The number of H-pyrrole nitrogens is 1. The van der Waals surface area contributed by atoms with Crippen LogP contribution in [-0.2, 0) is 5.41 Å². The third-order valence-electron chi connectivity index (χ3n) is 5.46. The third-order valence-corrected chi connectivity index (χ3v) is 5.46. The number of rotatable bonds is 2. The summed E-state index contributed by atoms with van der Waals surface area (Å²) >= 11 is 0. The van der Waals surface area contributed by atoms with Gasteiger partial charge in [-0.15, -0.1) is 0 Å². The first-order chi connectivity index (χ1) is 8.66. The zero-order valence-electron chi connectivity index (χ0n) is 10.4. The second-order valence-electron chi connectivity index (χ2n) is 6.66. The van der Waals surface area contributed by atoms with Crippen LogP contribution in [0.1, 0.15) is 54.6 Å². The first-order valence-electron chi connectivity index (χ1n) is 6.93. The van der Waals surface area contributed by atoms with Crippen molar-refractivity contribution in [2.75, 3.05) is 0 Å². The fraction of sp³-hybridized carbons (Fsp3) is 0.714. The molecule has 0 saturated heterocycles. The molecule has 1 aromatic heterocycles. The van der Waals surface area contributed by atoms with E-state index in [-0.39, 0.29) is 5.41 Å². The van der Waals surface area contributed by atoms with Gasteiger partial charge in [-0.1, -0.05) is 0 Å². The van der Waals surface area contributed by atoms with E-state index in [2.05, 4.69) is 10.2 Å². The zero-order valence-corrected chi connectivity index (χ0v) is 10.4. The smallest absolute Gasteiger partial charge is 0.354 e. The summed E-state index contributed by atoms with van der Waals surface area (Å²) < 4.78 is 0. The van der Waals surface area contributed by atoms with Crippen LogP contribution in [0.3, 0.4) is 0 Å². The maximum Gasteiger partial charge on any atom is 0.354 e. The van der Waals surface area contributed by atoms with E-state index in [0.717, 1.165) is 23.3 Å². The van der Waals surface area contributed by atoms with Gasteiger partial charge in [0.25, 0.3) is 0 Å². The fourth-order valence-corrected chi connectivity index (χ4v) is 5.29. The SMILES string of the molecule is O=C(O)c1[nH]ncc1C12CC3CC(CC(C3)C1)C2. The number of aromatic nitrogens is 2. The highest BCUT2D eigenvalue weighted by Gasteiger charge is 2.53. The summed E-state index contributed by atoms with van der Waals surface area (Å²) in [5.74, 6) is 1.62. The van der Waals surface area contributed by atoms with Crippen LogP contribution in [0.25, 0.3) is 0 Å². The van der Waals surface area contributed by atoms with Gasteiger partial charge in [0.2, 0.25) is 0 Å². The summed E-state index contributed by atoms with van der Waals surface area (Å²) in [6.45, 7) is 0. The molecule has 0 unspecified atom stereocenters. The topological polar surface area (TPSA) is 66.0 Å². The minimum absolute atomic E-state index is 0.121. The van der Waals surface area contributed by atoms with Gasteiger partial charge in [-0.05, 0) is 56.3 Å². The van der Waals surface area contributed by atoms with E-state index in [0.29, 0.717) is 5.69 Å². The van der Waals surface area contributed by atoms with E-state index in [9.17, 15) is 9.90 Å². The standard InChI is InChI=1S/C14H18N2O2/c17-13(18)12-11(7-15-16-12)14-4-8-1-9(5-14)3-10(2-8)6-14/h7-10H,1-6H2,(H,15,16)(H,17,18). The minimum atomic E-state index is -0.863. The van der Waals surface area contributed by atoms with Gasteiger partial charge < -0.3 is 5.11 Å². The molecule has 4 nitrogen and oxygen atoms in total. The number of carboxylic acid groups (broad SMARTS) is 1. The predicted octanol–water partition coefficient (Wildman–Crippen LogP) is 2.58. The highest BCUT2D eigenvalue weighted by atomic mass is 16.4. The summed E-state index contributed by atoms with van der Waals surface area (Å²) in [5.41, 5.74) is 1.43. The molecule has 1 aromatic rings. The Bertz CT molecular complexity index is 470. The van der Waals surface area contributed by atoms with Crippen LogP contribution in [0.4, 0.5) is 0 Å². The van der Waals surface area contributed by atoms with Crippen molar-refractivity contribution in [2.45, 2.75) is 43.9 Å². The Balaban J connectivity index is 1.79. The lowest BCUT2D eigenvalue weighted by molar-refractivity contribution is -0.00581. The van der Waals surface area contributed by atoms with E-state index < -0.39 is 5.97 Å². The molecule has 4 fully saturated rings. The second kappa shape index (κ2) is 3.37. The molecule has 4 aliphatic carbocycles. The second-order valence-corrected chi connectivity index (χ2v) is 6.66. The molecule has 2 N–H and O–H groups in total. The molecule has 4 bridgehead atoms. The average Bonchev–Trinajstić information content (AvgIpc) is 2.76. The van der Waals surface area contributed by atoms with Gasteiger partial charge in [0, 0.05) is 11.0 Å². The highest BCUT2D eigenvalue weighted by molar-refractivity contribution is 5.87. The Hall–Kier alpha value is -1.32. The Kier molecular flexibility index (Phi) is 1.98. The van der Waals surface area contributed by atoms with Gasteiger partial charge in [0.05, 0.1) is 6.20 Å². The summed E-state index contributed by atoms with van der Waals surface area (Å²) in [7, 11) is 0. The van der Waals surface area contributed by atoms with Crippen LogP contribution in [-0.4, -0.2) is 21.3 Å². The number of nitrogens with one attached hydrogen (secondary N) is 1. The van der Waals surface area contributed by atoms with Crippen molar-refractivity contribution in [2.24, 2.45) is 17.8 Å². The Morgan fingerprint density at radius 1 is 1.22 bits per heavy atom. The highest BCUT2D eigenvalue weighted by Crippen LogP contribution is 2.60. The monoisotopic (exact) mass is 246 g/mol. The normalized spacial score (nSPS) is 41.2. The molecule has 0 amide bonds. The van der Waals surface area contributed by atoms with Crippen LogP contribution in [0.2, 0.25) is 0 Å². The number of aromatic carboxylic acids is 1. The lowest BCUT2D eigenvalue weighted by Crippen LogP contribution is -2.48. The summed E-state index contributed by atoms with van der Waals surface area (Å²) in [6, 6.07) is 0. The van der Waals surface area contributed by atoms with Gasteiger partial charge in [-0.2, -0.15) is 5.10 Å². The molecular weight excluding hydrogens is 228 g/mol. The van der Waals surface area contributed by atoms with Crippen molar-refractivity contribution in [1.29, 1.82) is 0 Å². The third kappa shape index (κ3) is 1.32. The zero-order chi connectivity index (χ0) is 12.3. The van der Waals surface area contributed by atoms with Gasteiger partial charge in [0.1, 0.15) is 5.69 Å². The van der Waals surface area contributed by atoms with Gasteiger partial charge in [-0.3, -0.25) is 5.10 Å². The number of aromatic amines is 1. The molecule has 18 heavy (non-hydrogen) atoms. The molecule has 4 saturated carbocycles. The maximum absolute atomic E-state index is 11.3. The van der Waals surface area contributed by atoms with Crippen molar-refractivity contribution in [3.05, 3.63) is 17.5 Å². The van der Waals surface area contributed by atoms with E-state index in [1.165, 1.54) is 38.5 Å². The van der Waals surface area contributed by atoms with E-state index in [1.807, 2.05) is 0 Å². The molecule has 0 spiro atoms. The largest absolute Gasteiger partial charge is 0.477 e. The molecule has 96 valence electrons. The number of hydrogen-bond acceptors (Lipinski definition) is 2. The average molecular weight is 246 g/mol. The Morgan fingerprint density at radius 3 is 2.28 bits per heavy atom. The molecule has 0 radical (unpaired) electrons. The van der Waals surface area contributed by atoms with Crippen molar-refractivity contribution in [3.63, 3.8) is 0 Å². The number of nitrogens with zero attached hydrogens (tertiary/aromatic N) is 1. The van der Waals surface area contributed by atoms with Gasteiger partial charge in [-0.25, -0.2) is 4.79 Å². The molecule has 0 aliphatic heterocycles. The van der Waals surface area contributed by atoms with E-state index >= 15 is 0 Å². The number of carbonyl (C=O) groups is 1. The van der Waals surface area contributed by atoms with Crippen LogP contribution in [0, 0.1) is 17.8 Å². The molecule has 1 heterocycles. The number of carboxylic acids is 1. The van der Waals surface area contributed by atoms with Crippen LogP contribution in [0.5, 0.6) is 0 Å². The van der Waals surface area contributed by atoms with Crippen molar-refractivity contribution in [1.82, 2.24) is 10.2 Å². The van der Waals surface area contributed by atoms with E-state index in [4.69, 9.17) is 0 Å². The first kappa shape index (κ1) is 10.6. The van der Waals surface area contributed by atoms with E-state index in [1.54, 1.807) is 6.20 Å². The van der Waals surface area contributed by atoms with Gasteiger partial charge in [0.15, 0.2) is 0 Å². The van der Waals surface area contributed by atoms with Crippen LogP contribution in [0.15, 0.2) is 6.20 Å². The van der Waals surface area contributed by atoms with Crippen LogP contribution < -0.4 is 0 Å². The number of hydrogen-bond donors (Lipinski definition) is 2. The molecule has 0 atom stereocenters. The molecule has 5 rings (SSSR count). The van der Waals surface area contributed by atoms with Crippen molar-refractivity contribution >= 4 is 5.97 Å². The molecular formula is C14H18N2O2. The molecule has 4 heteroatoms. The predicted molar refractivity (Wildman–Crippen MR) is 65.4 cm³/mol. The maximum atomic E-state index is 11.3. The first-order valence-corrected chi connectivity index (χ1v) is 6.93. The Morgan fingerprint density at radius 2 is 1.78 bits per heavy atom. The van der Waals surface area contributed by atoms with Gasteiger partial charge >= 0.3 is 5.97 Å². The summed E-state index contributed by atoms with van der Waals surface area (Å²) in [5, 5.41) is 16.0. The lowest BCUT2D eigenvalue weighted by Gasteiger charge is -2.56. The minimum Gasteiger partial charge on any atom is -0.477 e. The summed E-state index contributed by atoms with van der Waals surface area (Å²) in [4.78, 5) is 11.3. The quantitative estimate of drug-likeness (QED) is 0.842. The fourth-order valence-electron chi connectivity index (χ4n) is 5.29. The lowest BCUT2D eigenvalue weighted by atomic mass is 9.48. The van der Waals surface area contributed by atoms with Crippen molar-refractivity contribution in [3.8, 4) is 0 Å². The summed E-state index contributed by atoms with van der Waals surface area (Å²) in [6.07, 6.45) is 9.44. The van der Waals surface area contributed by atoms with Crippen LogP contribution >= 0.6 is 0 Å². The molecule has 4 aliphatic rings. The Labute approximate surface area is 106 Å². The van der Waals surface area contributed by atoms with Crippen molar-refractivity contribution < 1.29 is 9.90 Å².